The lowest BCUT2D eigenvalue weighted by molar-refractivity contribution is -0.0460. The van der Waals surface area contributed by atoms with Crippen molar-refractivity contribution in [2.75, 3.05) is 32.8 Å². The van der Waals surface area contributed by atoms with Crippen LogP contribution in [-0.4, -0.2) is 49.0 Å². The van der Waals surface area contributed by atoms with Gasteiger partial charge in [0.05, 0.1) is 17.7 Å². The molecule has 0 bridgehead atoms. The van der Waals surface area contributed by atoms with Crippen LogP contribution in [0.5, 0.6) is 5.75 Å². The third-order valence-electron chi connectivity index (χ3n) is 4.77. The summed E-state index contributed by atoms with van der Waals surface area (Å²) in [6.45, 7) is 6.28. The second-order valence-corrected chi connectivity index (χ2v) is 7.96. The lowest BCUT2D eigenvalue weighted by atomic mass is 10.1. The molecule has 3 rings (SSSR count). The summed E-state index contributed by atoms with van der Waals surface area (Å²) in [5.74, 6) is 0.247. The average molecular weight is 465 g/mol. The lowest BCUT2D eigenvalue weighted by Crippen LogP contribution is -2.43. The molecule has 29 heavy (non-hydrogen) atoms. The van der Waals surface area contributed by atoms with Crippen molar-refractivity contribution in [1.82, 2.24) is 4.90 Å². The number of aliphatic hydroxyl groups excluding tert-OH is 1. The van der Waals surface area contributed by atoms with Crippen LogP contribution in [0.3, 0.4) is 0 Å². The Morgan fingerprint density at radius 2 is 2.00 bits per heavy atom. The fourth-order valence-electron chi connectivity index (χ4n) is 3.34. The van der Waals surface area contributed by atoms with Gasteiger partial charge in [-0.05, 0) is 37.6 Å². The van der Waals surface area contributed by atoms with Crippen LogP contribution in [0.25, 0.3) is 0 Å². The molecule has 160 valence electrons. The van der Waals surface area contributed by atoms with E-state index in [1.165, 1.54) is 17.7 Å². The zero-order chi connectivity index (χ0) is 20.3. The van der Waals surface area contributed by atoms with E-state index in [0.29, 0.717) is 36.8 Å². The van der Waals surface area contributed by atoms with Gasteiger partial charge in [0.1, 0.15) is 24.3 Å². The second kappa shape index (κ2) is 10.8. The van der Waals surface area contributed by atoms with Gasteiger partial charge in [-0.15, -0.1) is 12.4 Å². The first-order chi connectivity index (χ1) is 13.3. The smallest absolute Gasteiger partial charge is 0.142 e. The minimum absolute atomic E-state index is 0. The maximum atomic E-state index is 13.8. The van der Waals surface area contributed by atoms with Crippen molar-refractivity contribution < 1.29 is 19.0 Å². The van der Waals surface area contributed by atoms with Crippen LogP contribution in [0.15, 0.2) is 30.3 Å². The van der Waals surface area contributed by atoms with E-state index in [1.54, 1.807) is 0 Å². The number of halogens is 4. The van der Waals surface area contributed by atoms with Crippen molar-refractivity contribution >= 4 is 35.6 Å². The molecular formula is C21H25Cl3FNO3. The maximum absolute atomic E-state index is 13.8. The van der Waals surface area contributed by atoms with Crippen molar-refractivity contribution in [3.8, 4) is 5.75 Å². The number of aryl methyl sites for hydroxylation is 2. The molecule has 2 atom stereocenters. The number of hydrogen-bond donors (Lipinski definition) is 1. The van der Waals surface area contributed by atoms with Crippen LogP contribution in [0.4, 0.5) is 4.39 Å². The Balaban J connectivity index is 0.00000300. The van der Waals surface area contributed by atoms with Gasteiger partial charge in [-0.1, -0.05) is 40.9 Å². The van der Waals surface area contributed by atoms with Crippen LogP contribution in [0.2, 0.25) is 10.0 Å². The molecule has 2 aromatic carbocycles. The number of β-amino-alcohol motifs (C(OH)–C–C–N with tert-alkyl or cyclic N) is 1. The molecule has 0 radical (unpaired) electrons. The Hall–Kier alpha value is -1.08. The molecular weight excluding hydrogens is 440 g/mol. The molecule has 4 nitrogen and oxygen atoms in total. The van der Waals surface area contributed by atoms with Gasteiger partial charge >= 0.3 is 0 Å². The quantitative estimate of drug-likeness (QED) is 0.612. The monoisotopic (exact) mass is 463 g/mol. The van der Waals surface area contributed by atoms with E-state index in [-0.39, 0.29) is 30.1 Å². The third-order valence-corrected chi connectivity index (χ3v) is 5.38. The number of hydrogen-bond acceptors (Lipinski definition) is 4. The normalized spacial score (nSPS) is 18.2. The summed E-state index contributed by atoms with van der Waals surface area (Å²) in [7, 11) is 0. The van der Waals surface area contributed by atoms with E-state index in [1.807, 2.05) is 32.0 Å². The van der Waals surface area contributed by atoms with Gasteiger partial charge in [0, 0.05) is 30.2 Å². The second-order valence-electron chi connectivity index (χ2n) is 7.14. The number of ether oxygens (including phenoxy) is 2. The number of nitrogens with zero attached hydrogens (tertiary/aromatic N) is 1. The maximum Gasteiger partial charge on any atom is 0.142 e. The Kier molecular flexibility index (Phi) is 9.01. The average Bonchev–Trinajstić information content (AvgIpc) is 2.64. The van der Waals surface area contributed by atoms with Gasteiger partial charge in [0.15, 0.2) is 0 Å². The first kappa shape index (κ1) is 24.2. The summed E-state index contributed by atoms with van der Waals surface area (Å²) < 4.78 is 25.3. The molecule has 0 aliphatic carbocycles. The van der Waals surface area contributed by atoms with Gasteiger partial charge in [0.25, 0.3) is 0 Å². The van der Waals surface area contributed by atoms with Crippen molar-refractivity contribution in [1.29, 1.82) is 0 Å². The lowest BCUT2D eigenvalue weighted by Gasteiger charge is -2.34. The van der Waals surface area contributed by atoms with Gasteiger partial charge in [-0.25, -0.2) is 4.39 Å². The highest BCUT2D eigenvalue weighted by Gasteiger charge is 2.26. The number of benzene rings is 2. The molecule has 1 N–H and O–H groups in total. The zero-order valence-electron chi connectivity index (χ0n) is 16.3. The van der Waals surface area contributed by atoms with Gasteiger partial charge < -0.3 is 14.6 Å². The molecule has 1 aliphatic rings. The highest BCUT2D eigenvalue weighted by molar-refractivity contribution is 6.35. The summed E-state index contributed by atoms with van der Waals surface area (Å²) in [6.07, 6.45) is -1.03. The van der Waals surface area contributed by atoms with Crippen LogP contribution in [-0.2, 0) is 4.74 Å². The fourth-order valence-corrected chi connectivity index (χ4v) is 3.84. The van der Waals surface area contributed by atoms with E-state index in [4.69, 9.17) is 32.7 Å². The Morgan fingerprint density at radius 1 is 1.24 bits per heavy atom. The van der Waals surface area contributed by atoms with Crippen LogP contribution < -0.4 is 4.74 Å². The van der Waals surface area contributed by atoms with E-state index in [9.17, 15) is 9.50 Å². The first-order valence-electron chi connectivity index (χ1n) is 9.20. The Bertz CT molecular complexity index is 837. The zero-order valence-corrected chi connectivity index (χ0v) is 18.7. The fraction of sp³-hybridized carbons (Fsp3) is 0.429. The summed E-state index contributed by atoms with van der Waals surface area (Å²) in [5.41, 5.74) is 2.77. The third kappa shape index (κ3) is 6.45. The summed E-state index contributed by atoms with van der Waals surface area (Å²) in [6, 6.07) is 8.65. The van der Waals surface area contributed by atoms with E-state index < -0.39 is 11.9 Å². The first-order valence-corrected chi connectivity index (χ1v) is 9.95. The summed E-state index contributed by atoms with van der Waals surface area (Å²) >= 11 is 12.0. The Labute approximate surface area is 186 Å². The molecule has 1 aliphatic heterocycles. The van der Waals surface area contributed by atoms with Gasteiger partial charge in [-0.2, -0.15) is 0 Å². The number of rotatable bonds is 6. The molecule has 1 fully saturated rings. The molecule has 1 heterocycles. The van der Waals surface area contributed by atoms with E-state index in [0.717, 1.165) is 11.3 Å². The molecule has 0 spiro atoms. The van der Waals surface area contributed by atoms with Crippen molar-refractivity contribution in [3.63, 3.8) is 0 Å². The molecule has 1 saturated heterocycles. The van der Waals surface area contributed by atoms with Gasteiger partial charge in [-0.3, -0.25) is 4.90 Å². The molecule has 8 heteroatoms. The minimum atomic E-state index is -0.656. The van der Waals surface area contributed by atoms with Gasteiger partial charge in [0.2, 0.25) is 0 Å². The number of morpholine rings is 1. The predicted molar refractivity (Wildman–Crippen MR) is 116 cm³/mol. The van der Waals surface area contributed by atoms with E-state index >= 15 is 0 Å². The molecule has 0 saturated carbocycles. The number of aliphatic hydroxyl groups is 1. The molecule has 0 aromatic heterocycles. The summed E-state index contributed by atoms with van der Waals surface area (Å²) in [5, 5.41) is 10.7. The topological polar surface area (TPSA) is 41.9 Å². The summed E-state index contributed by atoms with van der Waals surface area (Å²) in [4.78, 5) is 2.06. The standard InChI is InChI=1S/C21H24Cl2FNO3.ClH/c1-13-3-4-20(14(2)7-13)28-12-15(26)10-25-5-6-27-21(11-25)16-8-19(24)18(23)9-17(16)22;/h3-4,7-9,15,21,26H,5-6,10-12H2,1-2H3;1H. The van der Waals surface area contributed by atoms with Crippen molar-refractivity contribution in [2.45, 2.75) is 26.1 Å². The SMILES string of the molecule is Cc1ccc(OCC(O)CN2CCOC(c3cc(F)c(Cl)cc3Cl)C2)c(C)c1.Cl. The predicted octanol–water partition coefficient (Wildman–Crippen LogP) is 4.98. The highest BCUT2D eigenvalue weighted by atomic mass is 35.5. The van der Waals surface area contributed by atoms with Crippen LogP contribution in [0.1, 0.15) is 22.8 Å². The molecule has 0 amide bonds. The van der Waals surface area contributed by atoms with Crippen LogP contribution >= 0.6 is 35.6 Å². The van der Waals surface area contributed by atoms with Crippen LogP contribution in [0, 0.1) is 19.7 Å². The minimum Gasteiger partial charge on any atom is -0.491 e. The Morgan fingerprint density at radius 3 is 2.72 bits per heavy atom. The molecule has 2 aromatic rings. The van der Waals surface area contributed by atoms with E-state index in [2.05, 4.69) is 4.90 Å². The van der Waals surface area contributed by atoms with Crippen molar-refractivity contribution in [2.24, 2.45) is 0 Å². The van der Waals surface area contributed by atoms with Crippen molar-refractivity contribution in [3.05, 3.63) is 62.9 Å². The highest BCUT2D eigenvalue weighted by Crippen LogP contribution is 2.32. The molecule has 2 unspecified atom stereocenters. The largest absolute Gasteiger partial charge is 0.491 e.